The van der Waals surface area contributed by atoms with Crippen LogP contribution < -0.4 is 10.0 Å². The van der Waals surface area contributed by atoms with Gasteiger partial charge in [0.05, 0.1) is 34.1 Å². The fourth-order valence-electron chi connectivity index (χ4n) is 3.85. The molecule has 0 radical (unpaired) electrons. The maximum atomic E-state index is 11.5. The van der Waals surface area contributed by atoms with Gasteiger partial charge in [-0.05, 0) is 74.2 Å². The maximum absolute atomic E-state index is 11.5. The first-order chi connectivity index (χ1) is 17.2. The second-order valence-corrected chi connectivity index (χ2v) is 10.5. The maximum Gasteiger partial charge on any atom is 0.337 e. The number of aliphatic hydroxyl groups excluding tert-OH is 1. The van der Waals surface area contributed by atoms with Crippen molar-refractivity contribution < 1.29 is 15.0 Å². The average Bonchev–Trinajstić information content (AvgIpc) is 3.30. The molecule has 4 rings (SSSR count). The number of β-amino-alcohol motifs (C(OH)–C–C–N with tert-alkyl or cyclic N) is 1. The molecule has 0 aliphatic rings. The van der Waals surface area contributed by atoms with Gasteiger partial charge in [0.15, 0.2) is 0 Å². The van der Waals surface area contributed by atoms with E-state index in [2.05, 4.69) is 28.9 Å². The van der Waals surface area contributed by atoms with Crippen molar-refractivity contribution in [3.63, 3.8) is 0 Å². The third kappa shape index (κ3) is 6.39. The van der Waals surface area contributed by atoms with Crippen LogP contribution in [0, 0.1) is 0 Å². The van der Waals surface area contributed by atoms with Gasteiger partial charge in [-0.15, -0.1) is 0 Å². The Kier molecular flexibility index (Phi) is 8.21. The van der Waals surface area contributed by atoms with Gasteiger partial charge in [0.1, 0.15) is 0 Å². The highest BCUT2D eigenvalue weighted by atomic mass is 35.5. The molecule has 0 amide bonds. The number of aliphatic hydroxyl groups is 1. The highest BCUT2D eigenvalue weighted by Gasteiger charge is 2.21. The van der Waals surface area contributed by atoms with E-state index in [1.54, 1.807) is 12.4 Å². The van der Waals surface area contributed by atoms with Crippen molar-refractivity contribution in [1.29, 1.82) is 0 Å². The van der Waals surface area contributed by atoms with Crippen molar-refractivity contribution in [3.8, 4) is 0 Å². The van der Waals surface area contributed by atoms with E-state index in [9.17, 15) is 15.0 Å². The van der Waals surface area contributed by atoms with Crippen LogP contribution in [0.15, 0.2) is 78.0 Å². The molecule has 1 atom stereocenters. The van der Waals surface area contributed by atoms with E-state index >= 15 is 0 Å². The Balaban J connectivity index is 1.34. The first-order valence-electron chi connectivity index (χ1n) is 11.6. The van der Waals surface area contributed by atoms with Crippen molar-refractivity contribution in [3.05, 3.63) is 89.2 Å². The van der Waals surface area contributed by atoms with Crippen LogP contribution in [0.25, 0.3) is 11.0 Å². The van der Waals surface area contributed by atoms with Crippen LogP contribution in [0.4, 0.5) is 5.69 Å². The van der Waals surface area contributed by atoms with Gasteiger partial charge in [-0.25, -0.2) is 9.78 Å². The van der Waals surface area contributed by atoms with Crippen molar-refractivity contribution in [2.75, 3.05) is 11.3 Å². The molecule has 4 N–H and O–H groups in total. The van der Waals surface area contributed by atoms with Crippen LogP contribution in [0.3, 0.4) is 0 Å². The van der Waals surface area contributed by atoms with E-state index in [4.69, 9.17) is 11.6 Å². The van der Waals surface area contributed by atoms with Crippen molar-refractivity contribution in [1.82, 2.24) is 14.9 Å². The van der Waals surface area contributed by atoms with E-state index in [0.717, 1.165) is 16.1 Å². The first-order valence-corrected chi connectivity index (χ1v) is 12.8. The summed E-state index contributed by atoms with van der Waals surface area (Å²) >= 11 is 7.90. The third-order valence-corrected chi connectivity index (χ3v) is 7.23. The Morgan fingerprint density at radius 3 is 2.67 bits per heavy atom. The molecular formula is C27H29ClN4O3S. The minimum Gasteiger partial charge on any atom is -0.478 e. The Bertz CT molecular complexity index is 1340. The van der Waals surface area contributed by atoms with Gasteiger partial charge in [-0.3, -0.25) is 0 Å². The summed E-state index contributed by atoms with van der Waals surface area (Å²) in [5, 5.41) is 23.8. The van der Waals surface area contributed by atoms with Gasteiger partial charge in [0, 0.05) is 29.2 Å². The summed E-state index contributed by atoms with van der Waals surface area (Å²) in [7, 11) is 0. The summed E-state index contributed by atoms with van der Waals surface area (Å²) in [4.78, 5) is 16.9. The third-order valence-electron chi connectivity index (χ3n) is 6.00. The summed E-state index contributed by atoms with van der Waals surface area (Å²) in [5.41, 5.74) is 2.78. The summed E-state index contributed by atoms with van der Waals surface area (Å²) in [5.74, 6) is -1.07. The van der Waals surface area contributed by atoms with Crippen molar-refractivity contribution >= 4 is 46.2 Å². The molecule has 0 bridgehead atoms. The van der Waals surface area contributed by atoms with Crippen LogP contribution in [0.1, 0.15) is 42.3 Å². The Hall–Kier alpha value is -3.04. The van der Waals surface area contributed by atoms with Crippen LogP contribution in [0.5, 0.6) is 0 Å². The van der Waals surface area contributed by atoms with Crippen LogP contribution in [0.2, 0.25) is 5.02 Å². The zero-order valence-corrected chi connectivity index (χ0v) is 21.7. The molecule has 4 aromatic rings. The number of rotatable bonds is 11. The van der Waals surface area contributed by atoms with Gasteiger partial charge in [-0.2, -0.15) is 0 Å². The monoisotopic (exact) mass is 524 g/mol. The van der Waals surface area contributed by atoms with Crippen LogP contribution >= 0.6 is 23.5 Å². The van der Waals surface area contributed by atoms with Gasteiger partial charge < -0.3 is 24.8 Å². The number of aromatic nitrogens is 2. The molecule has 0 saturated carbocycles. The van der Waals surface area contributed by atoms with Gasteiger partial charge >= 0.3 is 5.97 Å². The minimum absolute atomic E-state index is 0.0605. The number of hydrogen-bond donors (Lipinski definition) is 4. The number of aryl methyl sites for hydroxylation is 1. The highest BCUT2D eigenvalue weighted by molar-refractivity contribution is 8.00. The lowest BCUT2D eigenvalue weighted by Crippen LogP contribution is -2.42. The number of hydrogen-bond acceptors (Lipinski definition) is 6. The Labute approximate surface area is 219 Å². The number of carboxylic acids is 1. The smallest absolute Gasteiger partial charge is 0.337 e. The molecule has 1 heterocycles. The average molecular weight is 525 g/mol. The second kappa shape index (κ2) is 11.3. The first kappa shape index (κ1) is 26.0. The van der Waals surface area contributed by atoms with Crippen LogP contribution in [-0.2, 0) is 6.54 Å². The molecule has 9 heteroatoms. The predicted octanol–water partition coefficient (Wildman–Crippen LogP) is 6.00. The van der Waals surface area contributed by atoms with E-state index in [-0.39, 0.29) is 16.1 Å². The zero-order chi connectivity index (χ0) is 25.7. The zero-order valence-electron chi connectivity index (χ0n) is 20.1. The van der Waals surface area contributed by atoms with Gasteiger partial charge in [-0.1, -0.05) is 41.9 Å². The molecule has 0 aliphatic heterocycles. The van der Waals surface area contributed by atoms with E-state index in [1.165, 1.54) is 18.0 Å². The highest BCUT2D eigenvalue weighted by Crippen LogP contribution is 2.28. The molecule has 188 valence electrons. The molecule has 1 unspecified atom stereocenters. The van der Waals surface area contributed by atoms with Crippen LogP contribution in [-0.4, -0.2) is 37.8 Å². The van der Waals surface area contributed by atoms with E-state index in [0.29, 0.717) is 30.5 Å². The number of carbonyl (C=O) groups is 1. The number of fused-ring (bicyclic) bond motifs is 1. The normalized spacial score (nSPS) is 12.6. The number of nitrogens with zero attached hydrogens (tertiary/aromatic N) is 2. The summed E-state index contributed by atoms with van der Waals surface area (Å²) in [6.45, 7) is 5.11. The van der Waals surface area contributed by atoms with E-state index in [1.807, 2.05) is 59.2 Å². The molecule has 0 saturated heterocycles. The molecule has 0 fully saturated rings. The number of anilines is 1. The summed E-state index contributed by atoms with van der Waals surface area (Å²) in [6, 6.07) is 21.0. The number of aromatic carboxylic acids is 1. The Morgan fingerprint density at radius 1 is 1.14 bits per heavy atom. The standard InChI is InChI=1S/C27H29ClN4O3S/c1-27(2,13-14-32-17-29-22-12-11-21(26(34)35)24(28)25(22)32)30-16-23(33)18-7-6-8-19(15-18)31-36-20-9-4-3-5-10-20/h3-12,15,17,23,30-31,33H,13-14,16H2,1-2H3,(H,34,35). The molecule has 0 spiro atoms. The summed E-state index contributed by atoms with van der Waals surface area (Å²) in [6.07, 6.45) is 1.72. The molecule has 3 aromatic carbocycles. The van der Waals surface area contributed by atoms with Gasteiger partial charge in [0.2, 0.25) is 0 Å². The fourth-order valence-corrected chi connectivity index (χ4v) is 4.86. The molecule has 7 nitrogen and oxygen atoms in total. The molecule has 0 aliphatic carbocycles. The topological polar surface area (TPSA) is 99.4 Å². The van der Waals surface area contributed by atoms with E-state index < -0.39 is 12.1 Å². The SMILES string of the molecule is CC(C)(CCn1cnc2ccc(C(=O)O)c(Cl)c21)NCC(O)c1cccc(NSc2ccccc2)c1. The number of carboxylic acid groups (broad SMARTS) is 1. The quantitative estimate of drug-likeness (QED) is 0.179. The second-order valence-electron chi connectivity index (χ2n) is 9.21. The molecule has 36 heavy (non-hydrogen) atoms. The van der Waals surface area contributed by atoms with Gasteiger partial charge in [0.25, 0.3) is 0 Å². The lowest BCUT2D eigenvalue weighted by molar-refractivity contribution is 0.0697. The van der Waals surface area contributed by atoms with Crippen molar-refractivity contribution in [2.24, 2.45) is 0 Å². The lowest BCUT2D eigenvalue weighted by Gasteiger charge is -2.28. The summed E-state index contributed by atoms with van der Waals surface area (Å²) < 4.78 is 5.20. The largest absolute Gasteiger partial charge is 0.478 e. The predicted molar refractivity (Wildman–Crippen MR) is 146 cm³/mol. The number of nitrogens with one attached hydrogen (secondary N) is 2. The van der Waals surface area contributed by atoms with Crippen molar-refractivity contribution in [2.45, 2.75) is 43.4 Å². The number of halogens is 1. The number of imidazole rings is 1. The minimum atomic E-state index is -1.07. The molecule has 1 aromatic heterocycles. The number of benzene rings is 3. The molecular weight excluding hydrogens is 496 g/mol. The Morgan fingerprint density at radius 2 is 1.92 bits per heavy atom. The fraction of sp³-hybridized carbons (Fsp3) is 0.259. The lowest BCUT2D eigenvalue weighted by atomic mass is 9.99.